The van der Waals surface area contributed by atoms with Crippen molar-refractivity contribution < 1.29 is 4.42 Å². The lowest BCUT2D eigenvalue weighted by Gasteiger charge is -2.30. The van der Waals surface area contributed by atoms with Crippen molar-refractivity contribution in [1.29, 1.82) is 0 Å². The molecule has 0 aliphatic rings. The van der Waals surface area contributed by atoms with Crippen LogP contribution in [0.2, 0.25) is 0 Å². The third kappa shape index (κ3) is 6.22. The Bertz CT molecular complexity index is 2570. The Morgan fingerprint density at radius 2 is 0.811 bits per heavy atom. The molecule has 0 fully saturated rings. The zero-order valence-corrected chi connectivity index (χ0v) is 29.5. The molecule has 0 radical (unpaired) electrons. The van der Waals surface area contributed by atoms with Gasteiger partial charge in [0.1, 0.15) is 11.3 Å². The number of anilines is 3. The van der Waals surface area contributed by atoms with E-state index in [1.807, 2.05) is 12.1 Å². The van der Waals surface area contributed by atoms with Crippen molar-refractivity contribution in [3.05, 3.63) is 212 Å². The molecule has 0 bridgehead atoms. The van der Waals surface area contributed by atoms with Crippen LogP contribution in [0.25, 0.3) is 66.8 Å². The van der Waals surface area contributed by atoms with Crippen LogP contribution in [0.3, 0.4) is 0 Å². The van der Waals surface area contributed by atoms with E-state index >= 15 is 0 Å². The first kappa shape index (κ1) is 32.0. The predicted molar refractivity (Wildman–Crippen MR) is 223 cm³/mol. The first-order valence-electron chi connectivity index (χ1n) is 18.1. The van der Waals surface area contributed by atoms with E-state index in [4.69, 9.17) is 4.42 Å². The maximum absolute atomic E-state index is 6.29. The van der Waals surface area contributed by atoms with Gasteiger partial charge < -0.3 is 9.32 Å². The molecule has 0 N–H and O–H groups in total. The van der Waals surface area contributed by atoms with Crippen LogP contribution in [0.5, 0.6) is 0 Å². The minimum absolute atomic E-state index is 0.921. The SMILES string of the molecule is Cc1c(-c2cccc(-c3ccc(-c4ccc(N(c5ccccc5-c5ccccc5)c5ccccc5-c5ccccc5)cc4)cc3)c2)oc2ccccc12. The smallest absolute Gasteiger partial charge is 0.138 e. The van der Waals surface area contributed by atoms with Gasteiger partial charge in [-0.05, 0) is 76.7 Å². The molecule has 252 valence electrons. The monoisotopic (exact) mass is 679 g/mol. The highest BCUT2D eigenvalue weighted by atomic mass is 16.3. The Hall–Kier alpha value is -6.90. The molecule has 0 atom stereocenters. The maximum Gasteiger partial charge on any atom is 0.138 e. The average molecular weight is 680 g/mol. The van der Waals surface area contributed by atoms with Gasteiger partial charge in [0.2, 0.25) is 0 Å². The molecule has 0 aliphatic heterocycles. The van der Waals surface area contributed by atoms with Gasteiger partial charge in [0.25, 0.3) is 0 Å². The van der Waals surface area contributed by atoms with Crippen LogP contribution >= 0.6 is 0 Å². The molecule has 8 aromatic carbocycles. The highest BCUT2D eigenvalue weighted by molar-refractivity contribution is 5.94. The van der Waals surface area contributed by atoms with E-state index in [0.29, 0.717) is 0 Å². The van der Waals surface area contributed by atoms with E-state index in [2.05, 4.69) is 206 Å². The summed E-state index contributed by atoms with van der Waals surface area (Å²) in [6, 6.07) is 73.4. The van der Waals surface area contributed by atoms with Gasteiger partial charge in [-0.3, -0.25) is 0 Å². The Balaban J connectivity index is 1.07. The summed E-state index contributed by atoms with van der Waals surface area (Å²) < 4.78 is 6.29. The lowest BCUT2D eigenvalue weighted by molar-refractivity contribution is 0.629. The van der Waals surface area contributed by atoms with E-state index in [9.17, 15) is 0 Å². The lowest BCUT2D eigenvalue weighted by atomic mass is 9.97. The molecule has 53 heavy (non-hydrogen) atoms. The largest absolute Gasteiger partial charge is 0.456 e. The van der Waals surface area contributed by atoms with Gasteiger partial charge in [0.15, 0.2) is 0 Å². The summed E-state index contributed by atoms with van der Waals surface area (Å²) in [6.45, 7) is 2.14. The Morgan fingerprint density at radius 1 is 0.358 bits per heavy atom. The van der Waals surface area contributed by atoms with Crippen LogP contribution < -0.4 is 4.90 Å². The molecule has 0 spiro atoms. The van der Waals surface area contributed by atoms with Gasteiger partial charge >= 0.3 is 0 Å². The number of benzene rings is 8. The quantitative estimate of drug-likeness (QED) is 0.159. The molecule has 0 aliphatic carbocycles. The van der Waals surface area contributed by atoms with Gasteiger partial charge in [-0.15, -0.1) is 0 Å². The number of para-hydroxylation sites is 3. The van der Waals surface area contributed by atoms with Crippen molar-refractivity contribution in [2.45, 2.75) is 6.92 Å². The van der Waals surface area contributed by atoms with Gasteiger partial charge in [-0.25, -0.2) is 0 Å². The van der Waals surface area contributed by atoms with Crippen molar-refractivity contribution in [2.24, 2.45) is 0 Å². The molecule has 1 heterocycles. The van der Waals surface area contributed by atoms with Crippen LogP contribution in [0.1, 0.15) is 5.56 Å². The molecular weight excluding hydrogens is 643 g/mol. The van der Waals surface area contributed by atoms with Crippen molar-refractivity contribution in [3.8, 4) is 55.8 Å². The number of fused-ring (bicyclic) bond motifs is 1. The van der Waals surface area contributed by atoms with Crippen LogP contribution in [-0.2, 0) is 0 Å². The first-order chi connectivity index (χ1) is 26.2. The Morgan fingerprint density at radius 3 is 1.40 bits per heavy atom. The summed E-state index contributed by atoms with van der Waals surface area (Å²) in [5.74, 6) is 0.927. The van der Waals surface area contributed by atoms with Crippen molar-refractivity contribution in [2.75, 3.05) is 4.90 Å². The summed E-state index contributed by atoms with van der Waals surface area (Å²) in [4.78, 5) is 2.40. The highest BCUT2D eigenvalue weighted by Crippen LogP contribution is 2.45. The predicted octanol–water partition coefficient (Wildman–Crippen LogP) is 14.5. The van der Waals surface area contributed by atoms with Gasteiger partial charge in [0.05, 0.1) is 11.4 Å². The maximum atomic E-state index is 6.29. The van der Waals surface area contributed by atoms with Crippen LogP contribution in [-0.4, -0.2) is 0 Å². The number of furan rings is 1. The molecular formula is C51H37NO. The Kier molecular flexibility index (Phi) is 8.47. The van der Waals surface area contributed by atoms with E-state index in [1.165, 1.54) is 44.5 Å². The molecule has 2 heteroatoms. The molecule has 9 aromatic rings. The van der Waals surface area contributed by atoms with Crippen LogP contribution in [0, 0.1) is 6.92 Å². The number of aryl methyl sites for hydroxylation is 1. The molecule has 0 amide bonds. The second-order valence-electron chi connectivity index (χ2n) is 13.4. The van der Waals surface area contributed by atoms with E-state index < -0.39 is 0 Å². The zero-order chi connectivity index (χ0) is 35.6. The molecule has 1 aromatic heterocycles. The van der Waals surface area contributed by atoms with E-state index in [0.717, 1.165) is 44.9 Å². The second-order valence-corrected chi connectivity index (χ2v) is 13.4. The summed E-state index contributed by atoms with van der Waals surface area (Å²) in [6.07, 6.45) is 0. The van der Waals surface area contributed by atoms with E-state index in [1.54, 1.807) is 0 Å². The Labute approximate surface area is 310 Å². The first-order valence-corrected chi connectivity index (χ1v) is 18.1. The molecule has 0 saturated heterocycles. The number of hydrogen-bond acceptors (Lipinski definition) is 2. The van der Waals surface area contributed by atoms with Crippen LogP contribution in [0.15, 0.2) is 211 Å². The normalized spacial score (nSPS) is 11.1. The minimum atomic E-state index is 0.921. The third-order valence-corrected chi connectivity index (χ3v) is 10.1. The zero-order valence-electron chi connectivity index (χ0n) is 29.5. The summed E-state index contributed by atoms with van der Waals surface area (Å²) in [5, 5.41) is 1.16. The van der Waals surface area contributed by atoms with Gasteiger partial charge in [-0.1, -0.05) is 170 Å². The summed E-state index contributed by atoms with van der Waals surface area (Å²) >= 11 is 0. The number of nitrogens with zero attached hydrogens (tertiary/aromatic N) is 1. The van der Waals surface area contributed by atoms with E-state index in [-0.39, 0.29) is 0 Å². The van der Waals surface area contributed by atoms with Crippen molar-refractivity contribution in [1.82, 2.24) is 0 Å². The molecule has 2 nitrogen and oxygen atoms in total. The fourth-order valence-corrected chi connectivity index (χ4v) is 7.42. The highest BCUT2D eigenvalue weighted by Gasteiger charge is 2.20. The number of rotatable bonds is 8. The molecule has 0 unspecified atom stereocenters. The second kappa shape index (κ2) is 14.0. The minimum Gasteiger partial charge on any atom is -0.456 e. The van der Waals surface area contributed by atoms with Crippen LogP contribution in [0.4, 0.5) is 17.1 Å². The molecule has 0 saturated carbocycles. The summed E-state index contributed by atoms with van der Waals surface area (Å²) in [7, 11) is 0. The van der Waals surface area contributed by atoms with Crippen molar-refractivity contribution in [3.63, 3.8) is 0 Å². The van der Waals surface area contributed by atoms with Gasteiger partial charge in [-0.2, -0.15) is 0 Å². The van der Waals surface area contributed by atoms with Crippen molar-refractivity contribution >= 4 is 28.0 Å². The molecule has 9 rings (SSSR count). The lowest BCUT2D eigenvalue weighted by Crippen LogP contribution is -2.12. The van der Waals surface area contributed by atoms with Gasteiger partial charge in [0, 0.05) is 33.3 Å². The fraction of sp³-hybridized carbons (Fsp3) is 0.0196. The third-order valence-electron chi connectivity index (χ3n) is 10.1. The average Bonchev–Trinajstić information content (AvgIpc) is 3.58. The topological polar surface area (TPSA) is 16.4 Å². The standard InChI is InChI=1S/C51H37NO/c1-36-45-21-10-13-26-50(45)53-51(36)43-20-14-19-42(35-43)39-29-27-37(28-30-39)38-31-33-44(34-32-38)52(48-24-11-8-22-46(48)40-15-4-2-5-16-40)49-25-12-9-23-47(49)41-17-6-3-7-18-41/h2-35H,1H3. The fourth-order valence-electron chi connectivity index (χ4n) is 7.42. The number of hydrogen-bond donors (Lipinski definition) is 0. The summed E-state index contributed by atoms with van der Waals surface area (Å²) in [5.41, 5.74) is 15.9.